The highest BCUT2D eigenvalue weighted by Gasteiger charge is 2.39. The van der Waals surface area contributed by atoms with Crippen LogP contribution in [-0.2, 0) is 9.59 Å². The second-order valence-corrected chi connectivity index (χ2v) is 7.47. The third-order valence-corrected chi connectivity index (χ3v) is 5.44. The van der Waals surface area contributed by atoms with Crippen molar-refractivity contribution in [3.05, 3.63) is 70.2 Å². The van der Waals surface area contributed by atoms with E-state index in [-0.39, 0.29) is 16.3 Å². The van der Waals surface area contributed by atoms with E-state index in [0.717, 1.165) is 5.56 Å². The number of nitrogens with one attached hydrogen (secondary N) is 1. The Balaban J connectivity index is 1.96. The minimum Gasteiger partial charge on any atom is -0.400 e. The van der Waals surface area contributed by atoms with E-state index in [1.165, 1.54) is 0 Å². The summed E-state index contributed by atoms with van der Waals surface area (Å²) in [5.74, 6) is -13.5. The number of carbonyl (C=O) groups excluding carboxylic acids is 2. The highest BCUT2D eigenvalue weighted by atomic mass is 32.2. The van der Waals surface area contributed by atoms with Crippen molar-refractivity contribution in [3.63, 3.8) is 0 Å². The van der Waals surface area contributed by atoms with E-state index in [9.17, 15) is 31.5 Å². The fourth-order valence-corrected chi connectivity index (χ4v) is 3.78. The van der Waals surface area contributed by atoms with Crippen LogP contribution in [0.15, 0.2) is 40.5 Å². The van der Waals surface area contributed by atoms with E-state index in [1.54, 1.807) is 29.6 Å². The number of hydrogen-bond acceptors (Lipinski definition) is 5. The SMILES string of the molecule is Cc1ccc(N=C2SC(C(=O)Nc3c(F)c(F)c(F)c(F)c3F)C(N)=C2C(N)=O)cc1. The van der Waals surface area contributed by atoms with Crippen molar-refractivity contribution in [2.75, 3.05) is 5.32 Å². The van der Waals surface area contributed by atoms with Crippen molar-refractivity contribution in [3.8, 4) is 0 Å². The number of halogens is 5. The molecule has 0 spiro atoms. The first-order valence-corrected chi connectivity index (χ1v) is 9.35. The molecule has 3 rings (SSSR count). The zero-order valence-corrected chi connectivity index (χ0v) is 16.4. The summed E-state index contributed by atoms with van der Waals surface area (Å²) >= 11 is 0.636. The number of hydrogen-bond donors (Lipinski definition) is 3. The Morgan fingerprint density at radius 2 is 1.48 bits per heavy atom. The zero-order chi connectivity index (χ0) is 23.0. The van der Waals surface area contributed by atoms with Gasteiger partial charge < -0.3 is 16.8 Å². The van der Waals surface area contributed by atoms with Gasteiger partial charge in [0.15, 0.2) is 23.3 Å². The van der Waals surface area contributed by atoms with Crippen LogP contribution in [0.4, 0.5) is 33.3 Å². The Labute approximate surface area is 176 Å². The summed E-state index contributed by atoms with van der Waals surface area (Å²) in [6, 6.07) is 6.73. The zero-order valence-electron chi connectivity index (χ0n) is 15.6. The predicted molar refractivity (Wildman–Crippen MR) is 105 cm³/mol. The van der Waals surface area contributed by atoms with Gasteiger partial charge >= 0.3 is 0 Å². The van der Waals surface area contributed by atoms with Gasteiger partial charge in [0.25, 0.3) is 5.91 Å². The highest BCUT2D eigenvalue weighted by molar-refractivity contribution is 8.16. The van der Waals surface area contributed by atoms with Gasteiger partial charge in [-0.2, -0.15) is 0 Å². The summed E-state index contributed by atoms with van der Waals surface area (Å²) in [4.78, 5) is 28.6. The Bertz CT molecular complexity index is 1140. The number of amides is 2. The number of rotatable bonds is 4. The monoisotopic (exact) mass is 456 g/mol. The van der Waals surface area contributed by atoms with Crippen molar-refractivity contribution in [1.82, 2.24) is 0 Å². The standard InChI is InChI=1S/C19H13F5N4O2S/c1-6-2-4-7(5-3-6)27-19-8(17(26)29)14(25)16(31-19)18(30)28-15-12(23)10(21)9(20)11(22)13(15)24/h2-5,16H,25H2,1H3,(H2,26,29)(H,28,30). The van der Waals surface area contributed by atoms with E-state index in [0.29, 0.717) is 17.4 Å². The number of aryl methyl sites for hydroxylation is 1. The number of aliphatic imine (C=N–C) groups is 1. The molecule has 31 heavy (non-hydrogen) atoms. The molecule has 5 N–H and O–H groups in total. The molecular formula is C19H13F5N4O2S. The van der Waals surface area contributed by atoms with E-state index >= 15 is 0 Å². The smallest absolute Gasteiger partial charge is 0.253 e. The molecule has 1 heterocycles. The number of nitrogens with zero attached hydrogens (tertiary/aromatic N) is 1. The largest absolute Gasteiger partial charge is 0.400 e. The maximum atomic E-state index is 13.9. The van der Waals surface area contributed by atoms with Crippen LogP contribution < -0.4 is 16.8 Å². The molecule has 0 aromatic heterocycles. The first-order chi connectivity index (χ1) is 14.5. The molecule has 1 atom stereocenters. The van der Waals surface area contributed by atoms with Gasteiger partial charge in [0, 0.05) is 5.70 Å². The fourth-order valence-electron chi connectivity index (χ4n) is 2.65. The van der Waals surface area contributed by atoms with Crippen LogP contribution in [0.3, 0.4) is 0 Å². The Morgan fingerprint density at radius 3 is 2.00 bits per heavy atom. The van der Waals surface area contributed by atoms with Crippen LogP contribution in [0.1, 0.15) is 5.56 Å². The molecule has 0 saturated carbocycles. The maximum Gasteiger partial charge on any atom is 0.253 e. The summed E-state index contributed by atoms with van der Waals surface area (Å²) in [7, 11) is 0. The van der Waals surface area contributed by atoms with Crippen LogP contribution in [0.25, 0.3) is 0 Å². The minimum absolute atomic E-state index is 0.0357. The molecule has 1 unspecified atom stereocenters. The normalized spacial score (nSPS) is 17.4. The summed E-state index contributed by atoms with van der Waals surface area (Å²) in [6.45, 7) is 1.84. The van der Waals surface area contributed by atoms with Gasteiger partial charge in [-0.05, 0) is 19.1 Å². The number of thioether (sulfide) groups is 1. The van der Waals surface area contributed by atoms with Gasteiger partial charge in [-0.3, -0.25) is 9.59 Å². The summed E-state index contributed by atoms with van der Waals surface area (Å²) in [6.07, 6.45) is 0. The quantitative estimate of drug-likeness (QED) is 0.373. The molecule has 162 valence electrons. The average Bonchev–Trinajstić information content (AvgIpc) is 3.05. The predicted octanol–water partition coefficient (Wildman–Crippen LogP) is 3.17. The van der Waals surface area contributed by atoms with Crippen LogP contribution in [0, 0.1) is 36.0 Å². The Hall–Kier alpha value is -3.41. The fraction of sp³-hybridized carbons (Fsp3) is 0.105. The molecule has 12 heteroatoms. The van der Waals surface area contributed by atoms with Crippen LogP contribution in [-0.4, -0.2) is 22.1 Å². The number of nitrogens with two attached hydrogens (primary N) is 2. The van der Waals surface area contributed by atoms with E-state index in [1.807, 2.05) is 6.92 Å². The second kappa shape index (κ2) is 8.38. The van der Waals surface area contributed by atoms with Gasteiger partial charge in [0.1, 0.15) is 16.0 Å². The molecule has 2 aromatic rings. The molecule has 1 aliphatic rings. The van der Waals surface area contributed by atoms with E-state index in [2.05, 4.69) is 4.99 Å². The van der Waals surface area contributed by atoms with E-state index < -0.39 is 51.8 Å². The lowest BCUT2D eigenvalue weighted by atomic mass is 10.1. The molecule has 0 aliphatic carbocycles. The number of anilines is 1. The molecular weight excluding hydrogens is 443 g/mol. The molecule has 0 fully saturated rings. The molecule has 2 aromatic carbocycles. The summed E-state index contributed by atoms with van der Waals surface area (Å²) in [5, 5.41) is 0.141. The van der Waals surface area contributed by atoms with E-state index in [4.69, 9.17) is 11.5 Å². The van der Waals surface area contributed by atoms with Crippen LogP contribution >= 0.6 is 11.8 Å². The lowest BCUT2D eigenvalue weighted by Gasteiger charge is -2.13. The average molecular weight is 456 g/mol. The molecule has 0 saturated heterocycles. The summed E-state index contributed by atoms with van der Waals surface area (Å²) in [5.41, 5.74) is 10.3. The Kier molecular flexibility index (Phi) is 6.02. The third kappa shape index (κ3) is 4.10. The van der Waals surface area contributed by atoms with Crippen molar-refractivity contribution in [1.29, 1.82) is 0 Å². The van der Waals surface area contributed by atoms with Gasteiger partial charge in [-0.1, -0.05) is 29.5 Å². The Morgan fingerprint density at radius 1 is 0.968 bits per heavy atom. The molecule has 0 bridgehead atoms. The number of benzene rings is 2. The van der Waals surface area contributed by atoms with Crippen molar-refractivity contribution in [2.24, 2.45) is 16.5 Å². The molecule has 0 radical (unpaired) electrons. The number of carbonyl (C=O) groups is 2. The molecule has 2 amide bonds. The first-order valence-electron chi connectivity index (χ1n) is 8.47. The maximum absolute atomic E-state index is 13.9. The van der Waals surface area contributed by atoms with Crippen LogP contribution in [0.2, 0.25) is 0 Å². The molecule has 1 aliphatic heterocycles. The van der Waals surface area contributed by atoms with Gasteiger partial charge in [0.2, 0.25) is 11.7 Å². The lowest BCUT2D eigenvalue weighted by molar-refractivity contribution is -0.115. The summed E-state index contributed by atoms with van der Waals surface area (Å²) < 4.78 is 67.7. The first kappa shape index (κ1) is 22.3. The molecule has 6 nitrogen and oxygen atoms in total. The van der Waals surface area contributed by atoms with Gasteiger partial charge in [0.05, 0.1) is 11.3 Å². The lowest BCUT2D eigenvalue weighted by Crippen LogP contribution is -2.30. The number of primary amides is 1. The highest BCUT2D eigenvalue weighted by Crippen LogP contribution is 2.36. The topological polar surface area (TPSA) is 111 Å². The second-order valence-electron chi connectivity index (χ2n) is 6.38. The van der Waals surface area contributed by atoms with Crippen molar-refractivity contribution < 1.29 is 31.5 Å². The van der Waals surface area contributed by atoms with Crippen molar-refractivity contribution in [2.45, 2.75) is 12.2 Å². The minimum atomic E-state index is -2.37. The third-order valence-electron chi connectivity index (χ3n) is 4.22. The van der Waals surface area contributed by atoms with Gasteiger partial charge in [-0.15, -0.1) is 0 Å². The van der Waals surface area contributed by atoms with Gasteiger partial charge in [-0.25, -0.2) is 26.9 Å². The van der Waals surface area contributed by atoms with Crippen molar-refractivity contribution >= 4 is 40.0 Å². The van der Waals surface area contributed by atoms with Crippen LogP contribution in [0.5, 0.6) is 0 Å².